The Bertz CT molecular complexity index is 442. The van der Waals surface area contributed by atoms with Crippen LogP contribution in [0.1, 0.15) is 24.0 Å². The molecule has 106 valence electrons. The van der Waals surface area contributed by atoms with E-state index in [1.54, 1.807) is 7.11 Å². The summed E-state index contributed by atoms with van der Waals surface area (Å²) in [6.07, 6.45) is 3.23. The second-order valence-corrected chi connectivity index (χ2v) is 5.12. The highest BCUT2D eigenvalue weighted by Gasteiger charge is 2.22. The number of hydrogen-bond acceptors (Lipinski definition) is 3. The largest absolute Gasteiger partial charge is 0.492 e. The summed E-state index contributed by atoms with van der Waals surface area (Å²) in [5, 5.41) is 3.36. The van der Waals surface area contributed by atoms with Crippen LogP contribution in [0.4, 0.5) is 4.39 Å². The Kier molecular flexibility index (Phi) is 4.64. The lowest BCUT2D eigenvalue weighted by Gasteiger charge is -2.25. The van der Waals surface area contributed by atoms with Crippen LogP contribution in [0.25, 0.3) is 0 Å². The van der Waals surface area contributed by atoms with E-state index < -0.39 is 0 Å². The van der Waals surface area contributed by atoms with Crippen LogP contribution in [0.15, 0.2) is 6.07 Å². The molecule has 0 unspecified atom stereocenters. The van der Waals surface area contributed by atoms with Gasteiger partial charge in [-0.2, -0.15) is 0 Å². The predicted octanol–water partition coefficient (Wildman–Crippen LogP) is 2.69. The second kappa shape index (κ2) is 6.24. The van der Waals surface area contributed by atoms with Crippen LogP contribution in [0.5, 0.6) is 11.5 Å². The molecule has 0 radical (unpaired) electrons. The minimum atomic E-state index is -0.356. The van der Waals surface area contributed by atoms with Crippen molar-refractivity contribution in [3.63, 3.8) is 0 Å². The van der Waals surface area contributed by atoms with E-state index >= 15 is 0 Å². The van der Waals surface area contributed by atoms with E-state index in [-0.39, 0.29) is 11.6 Å². The molecule has 1 N–H and O–H groups in total. The molecule has 1 aliphatic heterocycles. The molecule has 1 aliphatic rings. The van der Waals surface area contributed by atoms with Crippen molar-refractivity contribution in [2.45, 2.75) is 26.2 Å². The van der Waals surface area contributed by atoms with Crippen LogP contribution >= 0.6 is 0 Å². The smallest absolute Gasteiger partial charge is 0.197 e. The fourth-order valence-corrected chi connectivity index (χ4v) is 2.80. The third kappa shape index (κ3) is 3.00. The molecule has 0 amide bonds. The van der Waals surface area contributed by atoms with Crippen LogP contribution in [0, 0.1) is 18.7 Å². The SMILES string of the molecule is COc1c(F)cc(C)c(CC2CCNCC2)c1OC. The molecule has 4 heteroatoms. The van der Waals surface area contributed by atoms with E-state index in [9.17, 15) is 4.39 Å². The van der Waals surface area contributed by atoms with Crippen molar-refractivity contribution in [2.75, 3.05) is 27.3 Å². The van der Waals surface area contributed by atoms with Crippen molar-refractivity contribution >= 4 is 0 Å². The van der Waals surface area contributed by atoms with Gasteiger partial charge in [-0.25, -0.2) is 4.39 Å². The van der Waals surface area contributed by atoms with Crippen LogP contribution in [0.2, 0.25) is 0 Å². The Morgan fingerprint density at radius 1 is 1.21 bits per heavy atom. The summed E-state index contributed by atoms with van der Waals surface area (Å²) in [5.41, 5.74) is 2.02. The van der Waals surface area contributed by atoms with Crippen molar-refractivity contribution in [1.82, 2.24) is 5.32 Å². The predicted molar refractivity (Wildman–Crippen MR) is 73.5 cm³/mol. The van der Waals surface area contributed by atoms with Gasteiger partial charge in [-0.3, -0.25) is 0 Å². The third-order valence-electron chi connectivity index (χ3n) is 3.88. The van der Waals surface area contributed by atoms with E-state index in [4.69, 9.17) is 9.47 Å². The average Bonchev–Trinajstić information content (AvgIpc) is 2.42. The van der Waals surface area contributed by atoms with Crippen molar-refractivity contribution in [3.8, 4) is 11.5 Å². The molecular formula is C15H22FNO2. The molecule has 1 saturated heterocycles. The summed E-state index contributed by atoms with van der Waals surface area (Å²) >= 11 is 0. The maximum absolute atomic E-state index is 13.8. The molecule has 2 rings (SSSR count). The number of methoxy groups -OCH3 is 2. The van der Waals surface area contributed by atoms with Gasteiger partial charge in [0.25, 0.3) is 0 Å². The number of benzene rings is 1. The lowest BCUT2D eigenvalue weighted by Crippen LogP contribution is -2.28. The van der Waals surface area contributed by atoms with E-state index in [2.05, 4.69) is 5.32 Å². The van der Waals surface area contributed by atoms with Crippen molar-refractivity contribution in [3.05, 3.63) is 23.0 Å². The van der Waals surface area contributed by atoms with Crippen molar-refractivity contribution < 1.29 is 13.9 Å². The summed E-state index contributed by atoms with van der Waals surface area (Å²) in [7, 11) is 3.05. The van der Waals surface area contributed by atoms with E-state index in [0.29, 0.717) is 11.7 Å². The van der Waals surface area contributed by atoms with Gasteiger partial charge in [-0.15, -0.1) is 0 Å². The quantitative estimate of drug-likeness (QED) is 0.910. The number of piperidine rings is 1. The maximum Gasteiger partial charge on any atom is 0.197 e. The Labute approximate surface area is 114 Å². The van der Waals surface area contributed by atoms with Gasteiger partial charge >= 0.3 is 0 Å². The number of rotatable bonds is 4. The van der Waals surface area contributed by atoms with Gasteiger partial charge < -0.3 is 14.8 Å². The Morgan fingerprint density at radius 3 is 2.42 bits per heavy atom. The molecule has 3 nitrogen and oxygen atoms in total. The molecule has 1 aromatic rings. The van der Waals surface area contributed by atoms with E-state index in [0.717, 1.165) is 43.5 Å². The second-order valence-electron chi connectivity index (χ2n) is 5.12. The highest BCUT2D eigenvalue weighted by molar-refractivity contribution is 5.51. The minimum absolute atomic E-state index is 0.219. The van der Waals surface area contributed by atoms with Crippen LogP contribution < -0.4 is 14.8 Å². The van der Waals surface area contributed by atoms with Gasteiger partial charge in [-0.1, -0.05) is 0 Å². The molecule has 0 aromatic heterocycles. The number of aryl methyl sites for hydroxylation is 1. The van der Waals surface area contributed by atoms with Crippen molar-refractivity contribution in [1.29, 1.82) is 0 Å². The Morgan fingerprint density at radius 2 is 1.84 bits per heavy atom. The topological polar surface area (TPSA) is 30.5 Å². The first-order valence-electron chi connectivity index (χ1n) is 6.78. The number of halogens is 1. The van der Waals surface area contributed by atoms with Gasteiger partial charge in [0.15, 0.2) is 17.3 Å². The number of hydrogen-bond donors (Lipinski definition) is 1. The molecule has 1 aromatic carbocycles. The fourth-order valence-electron chi connectivity index (χ4n) is 2.80. The van der Waals surface area contributed by atoms with Crippen LogP contribution in [-0.4, -0.2) is 27.3 Å². The highest BCUT2D eigenvalue weighted by Crippen LogP contribution is 2.38. The summed E-state index contributed by atoms with van der Waals surface area (Å²) in [6.45, 7) is 4.05. The standard InChI is InChI=1S/C15H22FNO2/c1-10-8-13(16)15(19-3)14(18-2)12(10)9-11-4-6-17-7-5-11/h8,11,17H,4-7,9H2,1-3H3. The van der Waals surface area contributed by atoms with E-state index in [1.165, 1.54) is 13.2 Å². The molecule has 0 spiro atoms. The minimum Gasteiger partial charge on any atom is -0.492 e. The first kappa shape index (κ1) is 14.1. The summed E-state index contributed by atoms with van der Waals surface area (Å²) in [4.78, 5) is 0. The summed E-state index contributed by atoms with van der Waals surface area (Å²) in [5.74, 6) is 1.05. The lowest BCUT2D eigenvalue weighted by atomic mass is 9.88. The lowest BCUT2D eigenvalue weighted by molar-refractivity contribution is 0.326. The average molecular weight is 267 g/mol. The first-order chi connectivity index (χ1) is 9.17. The zero-order valence-electron chi connectivity index (χ0n) is 11.9. The molecular weight excluding hydrogens is 245 g/mol. The number of ether oxygens (including phenoxy) is 2. The third-order valence-corrected chi connectivity index (χ3v) is 3.88. The monoisotopic (exact) mass is 267 g/mol. The highest BCUT2D eigenvalue weighted by atomic mass is 19.1. The normalized spacial score (nSPS) is 16.4. The molecule has 19 heavy (non-hydrogen) atoms. The van der Waals surface area contributed by atoms with Gasteiger partial charge in [0.1, 0.15) is 0 Å². The van der Waals surface area contributed by atoms with Crippen LogP contribution in [0.3, 0.4) is 0 Å². The molecule has 0 atom stereocenters. The molecule has 0 aliphatic carbocycles. The number of nitrogens with one attached hydrogen (secondary N) is 1. The van der Waals surface area contributed by atoms with E-state index in [1.807, 2.05) is 6.92 Å². The maximum atomic E-state index is 13.8. The van der Waals surface area contributed by atoms with Gasteiger partial charge in [0.2, 0.25) is 0 Å². The fraction of sp³-hybridized carbons (Fsp3) is 0.600. The zero-order chi connectivity index (χ0) is 13.8. The summed E-state index contributed by atoms with van der Waals surface area (Å²) in [6, 6.07) is 1.54. The zero-order valence-corrected chi connectivity index (χ0v) is 11.9. The van der Waals surface area contributed by atoms with Gasteiger partial charge in [0, 0.05) is 5.56 Å². The molecule has 0 saturated carbocycles. The summed E-state index contributed by atoms with van der Waals surface area (Å²) < 4.78 is 24.4. The first-order valence-corrected chi connectivity index (χ1v) is 6.78. The van der Waals surface area contributed by atoms with Crippen molar-refractivity contribution in [2.24, 2.45) is 5.92 Å². The molecule has 1 fully saturated rings. The van der Waals surface area contributed by atoms with Gasteiger partial charge in [0.05, 0.1) is 14.2 Å². The molecule has 1 heterocycles. The molecule has 0 bridgehead atoms. The Balaban J connectivity index is 2.32. The Hall–Kier alpha value is -1.29. The van der Waals surface area contributed by atoms with Gasteiger partial charge in [-0.05, 0) is 56.8 Å². The van der Waals surface area contributed by atoms with Crippen LogP contribution in [-0.2, 0) is 6.42 Å².